The van der Waals surface area contributed by atoms with E-state index < -0.39 is 20.2 Å². The smallest absolute Gasteiger partial charge is 0.306 e. The summed E-state index contributed by atoms with van der Waals surface area (Å²) in [5.41, 5.74) is 2.68. The number of rotatable bonds is 12. The van der Waals surface area contributed by atoms with Crippen LogP contribution in [0, 0.1) is 0 Å². The molecule has 220 valence electrons. The van der Waals surface area contributed by atoms with Gasteiger partial charge in [0, 0.05) is 5.56 Å². The molecule has 0 fully saturated rings. The summed E-state index contributed by atoms with van der Waals surface area (Å²) in [6.45, 7) is 0.239. The Morgan fingerprint density at radius 1 is 0.690 bits per heavy atom. The zero-order chi connectivity index (χ0) is 30.5. The molecule has 0 spiro atoms. The van der Waals surface area contributed by atoms with Crippen molar-refractivity contribution >= 4 is 26.5 Å². The number of carbonyl (C=O) groups is 1. The minimum absolute atomic E-state index is 0.0602. The molecule has 0 aliphatic rings. The van der Waals surface area contributed by atoms with E-state index in [1.54, 1.807) is 30.3 Å². The average Bonchev–Trinajstić information content (AvgIpc) is 2.94. The van der Waals surface area contributed by atoms with Crippen molar-refractivity contribution in [1.82, 2.24) is 0 Å². The maximum atomic E-state index is 12.4. The number of carbonyl (C=O) groups excluding carboxylic acids is 1. The Morgan fingerprint density at radius 2 is 1.33 bits per heavy atom. The van der Waals surface area contributed by atoms with Gasteiger partial charge in [-0.25, -0.2) is 0 Å². The fraction of sp³-hybridized carbons (Fsp3) is 0.167. The Kier molecular flexibility index (Phi) is 9.08. The summed E-state index contributed by atoms with van der Waals surface area (Å²) < 4.78 is 75.4. The van der Waals surface area contributed by atoms with Crippen LogP contribution in [0.3, 0.4) is 0 Å². The molecule has 4 rings (SSSR count). The van der Waals surface area contributed by atoms with Gasteiger partial charge in [0.15, 0.2) is 17.8 Å². The topological polar surface area (TPSA) is 132 Å². The van der Waals surface area contributed by atoms with Crippen LogP contribution in [-0.2, 0) is 26.8 Å². The third-order valence-electron chi connectivity index (χ3n) is 5.93. The van der Waals surface area contributed by atoms with Crippen molar-refractivity contribution in [1.29, 1.82) is 0 Å². The molecule has 0 unspecified atom stereocenters. The van der Waals surface area contributed by atoms with Gasteiger partial charge in [-0.3, -0.25) is 4.79 Å². The molecular formula is C30H28O10S2. The van der Waals surface area contributed by atoms with Crippen LogP contribution < -0.4 is 22.6 Å². The van der Waals surface area contributed by atoms with Crippen molar-refractivity contribution in [2.24, 2.45) is 0 Å². The molecule has 0 atom stereocenters. The van der Waals surface area contributed by atoms with Crippen LogP contribution in [0.15, 0.2) is 78.9 Å². The summed E-state index contributed by atoms with van der Waals surface area (Å²) in [5.74, 6) is 0.538. The van der Waals surface area contributed by atoms with Gasteiger partial charge in [0.05, 0.1) is 37.9 Å². The fourth-order valence-electron chi connectivity index (χ4n) is 4.23. The first kappa shape index (κ1) is 30.4. The van der Waals surface area contributed by atoms with Gasteiger partial charge in [-0.05, 0) is 47.0 Å². The van der Waals surface area contributed by atoms with Gasteiger partial charge >= 0.3 is 20.2 Å². The van der Waals surface area contributed by atoms with Crippen LogP contribution in [0.5, 0.6) is 28.7 Å². The van der Waals surface area contributed by atoms with E-state index in [0.29, 0.717) is 28.7 Å². The highest BCUT2D eigenvalue weighted by atomic mass is 32.2. The molecule has 0 aromatic heterocycles. The molecule has 0 aliphatic heterocycles. The van der Waals surface area contributed by atoms with Gasteiger partial charge in [0.1, 0.15) is 23.9 Å². The van der Waals surface area contributed by atoms with Gasteiger partial charge in [-0.15, -0.1) is 0 Å². The van der Waals surface area contributed by atoms with Crippen molar-refractivity contribution in [3.63, 3.8) is 0 Å². The number of aldehydes is 1. The summed E-state index contributed by atoms with van der Waals surface area (Å²) in [7, 11) is -5.05. The van der Waals surface area contributed by atoms with E-state index >= 15 is 0 Å². The lowest BCUT2D eigenvalue weighted by Gasteiger charge is -2.21. The number of methoxy groups -OCH3 is 2. The lowest BCUT2D eigenvalue weighted by molar-refractivity contribution is 0.111. The highest BCUT2D eigenvalue weighted by molar-refractivity contribution is 7.86. The molecule has 0 saturated carbocycles. The van der Waals surface area contributed by atoms with Gasteiger partial charge in [-0.1, -0.05) is 48.5 Å². The molecule has 0 aliphatic carbocycles. The van der Waals surface area contributed by atoms with Crippen molar-refractivity contribution < 1.29 is 44.2 Å². The molecular weight excluding hydrogens is 584 g/mol. The first-order valence-corrected chi connectivity index (χ1v) is 16.0. The third-order valence-corrected chi connectivity index (χ3v) is 6.90. The SMILES string of the molecule is COc1cc(-c2ccc(OS(C)(=O)=O)cc2)c(OC)c(OS(C)(=O)=O)c1-c1ccc(OCc2ccccc2)c(C=O)c1. The number of hydrogen-bond acceptors (Lipinski definition) is 10. The van der Waals surface area contributed by atoms with E-state index in [1.807, 2.05) is 30.3 Å². The average molecular weight is 613 g/mol. The molecule has 10 nitrogen and oxygen atoms in total. The Bertz CT molecular complexity index is 1800. The monoisotopic (exact) mass is 612 g/mol. The molecule has 0 N–H and O–H groups in total. The Balaban J connectivity index is 1.85. The molecule has 0 heterocycles. The summed E-state index contributed by atoms with van der Waals surface area (Å²) in [5, 5.41) is 0. The van der Waals surface area contributed by atoms with E-state index in [1.165, 1.54) is 32.4 Å². The van der Waals surface area contributed by atoms with Crippen LogP contribution in [0.1, 0.15) is 15.9 Å². The lowest BCUT2D eigenvalue weighted by Crippen LogP contribution is -2.09. The van der Waals surface area contributed by atoms with Gasteiger partial charge in [0.25, 0.3) is 0 Å². The third kappa shape index (κ3) is 7.39. The fourth-order valence-corrected chi connectivity index (χ4v) is 5.15. The molecule has 0 saturated heterocycles. The van der Waals surface area contributed by atoms with E-state index in [-0.39, 0.29) is 40.7 Å². The molecule has 0 radical (unpaired) electrons. The second-order valence-electron chi connectivity index (χ2n) is 9.11. The van der Waals surface area contributed by atoms with Crippen molar-refractivity contribution in [2.45, 2.75) is 6.61 Å². The minimum atomic E-state index is -4.07. The van der Waals surface area contributed by atoms with E-state index in [9.17, 15) is 21.6 Å². The summed E-state index contributed by atoms with van der Waals surface area (Å²) in [4.78, 5) is 12.1. The predicted octanol–water partition coefficient (Wildman–Crippen LogP) is 5.11. The van der Waals surface area contributed by atoms with Crippen molar-refractivity contribution in [3.05, 3.63) is 90.0 Å². The van der Waals surface area contributed by atoms with Gasteiger partial charge in [0.2, 0.25) is 0 Å². The van der Waals surface area contributed by atoms with Crippen LogP contribution in [0.2, 0.25) is 0 Å². The van der Waals surface area contributed by atoms with E-state index in [0.717, 1.165) is 18.1 Å². The number of hydrogen-bond donors (Lipinski definition) is 0. The number of benzene rings is 4. The van der Waals surface area contributed by atoms with Crippen LogP contribution in [-0.4, -0.2) is 49.9 Å². The first-order chi connectivity index (χ1) is 19.9. The summed E-state index contributed by atoms with van der Waals surface area (Å²) >= 11 is 0. The zero-order valence-electron chi connectivity index (χ0n) is 23.2. The second kappa shape index (κ2) is 12.5. The quantitative estimate of drug-likeness (QED) is 0.157. The molecule has 4 aromatic carbocycles. The normalized spacial score (nSPS) is 11.4. The van der Waals surface area contributed by atoms with Crippen molar-refractivity contribution in [2.75, 3.05) is 26.7 Å². The Hall–Kier alpha value is -4.55. The molecule has 4 aromatic rings. The highest BCUT2D eigenvalue weighted by Gasteiger charge is 2.27. The van der Waals surface area contributed by atoms with Gasteiger partial charge < -0.3 is 22.6 Å². The molecule has 42 heavy (non-hydrogen) atoms. The zero-order valence-corrected chi connectivity index (χ0v) is 24.8. The van der Waals surface area contributed by atoms with Crippen molar-refractivity contribution in [3.8, 4) is 51.0 Å². The molecule has 0 amide bonds. The maximum Gasteiger partial charge on any atom is 0.306 e. The largest absolute Gasteiger partial charge is 0.496 e. The second-order valence-corrected chi connectivity index (χ2v) is 12.3. The highest BCUT2D eigenvalue weighted by Crippen LogP contribution is 2.51. The van der Waals surface area contributed by atoms with E-state index in [4.69, 9.17) is 22.6 Å². The summed E-state index contributed by atoms with van der Waals surface area (Å²) in [6.07, 6.45) is 2.46. The minimum Gasteiger partial charge on any atom is -0.496 e. The van der Waals surface area contributed by atoms with Crippen LogP contribution >= 0.6 is 0 Å². The predicted molar refractivity (Wildman–Crippen MR) is 158 cm³/mol. The summed E-state index contributed by atoms with van der Waals surface area (Å²) in [6, 6.07) is 21.9. The lowest BCUT2D eigenvalue weighted by atomic mass is 9.95. The van der Waals surface area contributed by atoms with E-state index in [2.05, 4.69) is 0 Å². The Morgan fingerprint density at radius 3 is 1.90 bits per heavy atom. The number of ether oxygens (including phenoxy) is 3. The van der Waals surface area contributed by atoms with Crippen LogP contribution in [0.4, 0.5) is 0 Å². The standard InChI is InChI=1S/C30H28O10S2/c1-36-27-17-25(21-10-13-24(14-11-21)39-41(3,32)33)29(37-2)30(40-42(4,34)35)28(27)22-12-15-26(23(16-22)18-31)38-19-20-8-6-5-7-9-20/h5-18H,19H2,1-4H3. The first-order valence-electron chi connectivity index (χ1n) is 12.4. The molecule has 0 bridgehead atoms. The van der Waals surface area contributed by atoms with Crippen LogP contribution in [0.25, 0.3) is 22.3 Å². The Labute approximate surface area is 244 Å². The molecule has 12 heteroatoms. The van der Waals surface area contributed by atoms with Gasteiger partial charge in [-0.2, -0.15) is 16.8 Å². The maximum absolute atomic E-state index is 12.4.